The number of carbonyl (C=O) groups is 1. The molecular formula is C24H33N7O. The van der Waals surface area contributed by atoms with Gasteiger partial charge in [0.05, 0.1) is 0 Å². The number of benzene rings is 1. The van der Waals surface area contributed by atoms with E-state index in [9.17, 15) is 4.79 Å². The van der Waals surface area contributed by atoms with Crippen molar-refractivity contribution in [3.63, 3.8) is 0 Å². The minimum Gasteiger partial charge on any atom is -0.338 e. The first-order valence-electron chi connectivity index (χ1n) is 11.8. The van der Waals surface area contributed by atoms with Crippen LogP contribution in [-0.4, -0.2) is 84.2 Å². The molecule has 170 valence electrons. The van der Waals surface area contributed by atoms with Crippen molar-refractivity contribution in [2.75, 3.05) is 62.6 Å². The summed E-state index contributed by atoms with van der Waals surface area (Å²) in [4.78, 5) is 28.5. The van der Waals surface area contributed by atoms with Crippen molar-refractivity contribution in [1.29, 1.82) is 0 Å². The summed E-state index contributed by atoms with van der Waals surface area (Å²) in [7, 11) is 0. The monoisotopic (exact) mass is 435 g/mol. The molecule has 0 radical (unpaired) electrons. The molecule has 4 atom stereocenters. The Morgan fingerprint density at radius 2 is 1.78 bits per heavy atom. The van der Waals surface area contributed by atoms with E-state index in [0.29, 0.717) is 6.04 Å². The van der Waals surface area contributed by atoms with Gasteiger partial charge in [0, 0.05) is 69.9 Å². The number of urea groups is 1. The Hall–Kier alpha value is -2.71. The van der Waals surface area contributed by atoms with Crippen molar-refractivity contribution in [3.8, 4) is 0 Å². The summed E-state index contributed by atoms with van der Waals surface area (Å²) < 4.78 is 0. The van der Waals surface area contributed by atoms with Gasteiger partial charge in [-0.1, -0.05) is 18.2 Å². The normalized spacial score (nSPS) is 27.8. The summed E-state index contributed by atoms with van der Waals surface area (Å²) in [5, 5.41) is 6.00. The molecule has 2 N–H and O–H groups in total. The number of fused-ring (bicyclic) bond motifs is 3. The van der Waals surface area contributed by atoms with Crippen LogP contribution in [-0.2, 0) is 0 Å². The van der Waals surface area contributed by atoms with Crippen molar-refractivity contribution in [2.45, 2.75) is 18.9 Å². The van der Waals surface area contributed by atoms with E-state index in [4.69, 9.17) is 0 Å². The smallest absolute Gasteiger partial charge is 0.319 e. The van der Waals surface area contributed by atoms with E-state index in [0.717, 1.165) is 69.3 Å². The molecule has 0 spiro atoms. The topological polar surface area (TPSA) is 76.6 Å². The van der Waals surface area contributed by atoms with Crippen LogP contribution in [0.5, 0.6) is 0 Å². The van der Waals surface area contributed by atoms with E-state index in [1.807, 2.05) is 48.8 Å². The third-order valence-electron chi connectivity index (χ3n) is 7.24. The van der Waals surface area contributed by atoms with Gasteiger partial charge in [-0.05, 0) is 49.4 Å². The van der Waals surface area contributed by atoms with E-state index in [1.165, 1.54) is 19.4 Å². The number of anilines is 2. The van der Waals surface area contributed by atoms with E-state index >= 15 is 0 Å². The van der Waals surface area contributed by atoms with Crippen molar-refractivity contribution >= 4 is 17.7 Å². The molecule has 8 nitrogen and oxygen atoms in total. The van der Waals surface area contributed by atoms with Gasteiger partial charge in [-0.25, -0.2) is 14.8 Å². The minimum absolute atomic E-state index is 0.115. The van der Waals surface area contributed by atoms with Gasteiger partial charge in [-0.3, -0.25) is 9.80 Å². The third kappa shape index (κ3) is 5.02. The number of rotatable bonds is 6. The number of nitrogens with zero attached hydrogens (tertiary/aromatic N) is 5. The predicted molar refractivity (Wildman–Crippen MR) is 126 cm³/mol. The van der Waals surface area contributed by atoms with Crippen molar-refractivity contribution in [1.82, 2.24) is 25.1 Å². The molecule has 1 aromatic carbocycles. The zero-order valence-electron chi connectivity index (χ0n) is 18.6. The molecule has 4 fully saturated rings. The number of nitrogens with one attached hydrogen (secondary N) is 2. The summed E-state index contributed by atoms with van der Waals surface area (Å²) in [6, 6.07) is 11.8. The quantitative estimate of drug-likeness (QED) is 0.724. The minimum atomic E-state index is -0.115. The molecule has 1 unspecified atom stereocenters. The second-order valence-corrected chi connectivity index (χ2v) is 9.23. The Bertz CT molecular complexity index is 872. The van der Waals surface area contributed by atoms with Crippen LogP contribution in [0.15, 0.2) is 48.8 Å². The van der Waals surface area contributed by atoms with Gasteiger partial charge in [0.1, 0.15) is 0 Å². The first kappa shape index (κ1) is 21.2. The standard InChI is InChI=1S/C24H33N7O/c32-24(28-21-5-2-1-3-6-21)27-16-22-15-19-7-10-31(22)18-20(19)17-29-11-13-30(14-12-29)23-25-8-4-9-26-23/h1-6,8-9,19-20,22H,7,10-18H2,(H2,27,28,32)/t19-,20+,22+/m1/s1. The summed E-state index contributed by atoms with van der Waals surface area (Å²) >= 11 is 0. The second-order valence-electron chi connectivity index (χ2n) is 9.23. The van der Waals surface area contributed by atoms with Crippen LogP contribution >= 0.6 is 0 Å². The molecule has 2 amide bonds. The average molecular weight is 436 g/mol. The van der Waals surface area contributed by atoms with E-state index < -0.39 is 0 Å². The van der Waals surface area contributed by atoms with Crippen LogP contribution < -0.4 is 15.5 Å². The Kier molecular flexibility index (Phi) is 6.50. The molecule has 0 aliphatic carbocycles. The highest BCUT2D eigenvalue weighted by atomic mass is 16.2. The Labute approximate surface area is 190 Å². The molecule has 6 rings (SSSR count). The number of amides is 2. The third-order valence-corrected chi connectivity index (χ3v) is 7.24. The number of hydrogen-bond donors (Lipinski definition) is 2. The van der Waals surface area contributed by atoms with Gasteiger partial charge < -0.3 is 15.5 Å². The molecule has 4 aliphatic heterocycles. The second kappa shape index (κ2) is 9.83. The molecular weight excluding hydrogens is 402 g/mol. The van der Waals surface area contributed by atoms with Gasteiger partial charge in [-0.2, -0.15) is 0 Å². The van der Waals surface area contributed by atoms with Gasteiger partial charge in [-0.15, -0.1) is 0 Å². The van der Waals surface area contributed by atoms with Crippen LogP contribution in [0.1, 0.15) is 12.8 Å². The zero-order chi connectivity index (χ0) is 21.8. The fourth-order valence-electron chi connectivity index (χ4n) is 5.49. The van der Waals surface area contributed by atoms with Crippen molar-refractivity contribution < 1.29 is 4.79 Å². The fraction of sp³-hybridized carbons (Fsp3) is 0.542. The number of carbonyl (C=O) groups excluding carboxylic acids is 1. The lowest BCUT2D eigenvalue weighted by Gasteiger charge is -2.51. The summed E-state index contributed by atoms with van der Waals surface area (Å²) in [5.74, 6) is 2.35. The highest BCUT2D eigenvalue weighted by molar-refractivity contribution is 5.89. The number of para-hydroxylation sites is 1. The molecule has 1 aromatic heterocycles. The summed E-state index contributed by atoms with van der Waals surface area (Å²) in [6.07, 6.45) is 6.11. The maximum absolute atomic E-state index is 12.3. The van der Waals surface area contributed by atoms with Crippen LogP contribution in [0.4, 0.5) is 16.4 Å². The average Bonchev–Trinajstić information content (AvgIpc) is 2.85. The van der Waals surface area contributed by atoms with E-state index in [-0.39, 0.29) is 6.03 Å². The maximum Gasteiger partial charge on any atom is 0.319 e. The van der Waals surface area contributed by atoms with Crippen LogP contribution in [0.2, 0.25) is 0 Å². The zero-order valence-corrected chi connectivity index (χ0v) is 18.6. The van der Waals surface area contributed by atoms with E-state index in [1.54, 1.807) is 0 Å². The molecule has 2 aromatic rings. The van der Waals surface area contributed by atoms with Crippen LogP contribution in [0, 0.1) is 11.8 Å². The molecule has 8 heteroatoms. The first-order valence-corrected chi connectivity index (χ1v) is 11.8. The Morgan fingerprint density at radius 3 is 2.50 bits per heavy atom. The van der Waals surface area contributed by atoms with Crippen LogP contribution in [0.3, 0.4) is 0 Å². The number of hydrogen-bond acceptors (Lipinski definition) is 6. The van der Waals surface area contributed by atoms with Gasteiger partial charge >= 0.3 is 6.03 Å². The molecule has 32 heavy (non-hydrogen) atoms. The van der Waals surface area contributed by atoms with Gasteiger partial charge in [0.25, 0.3) is 0 Å². The lowest BCUT2D eigenvalue weighted by Crippen LogP contribution is -2.59. The van der Waals surface area contributed by atoms with Crippen LogP contribution in [0.25, 0.3) is 0 Å². The molecule has 2 bridgehead atoms. The number of aromatic nitrogens is 2. The number of piperazine rings is 1. The summed E-state index contributed by atoms with van der Waals surface area (Å²) in [5.41, 5.74) is 0.828. The van der Waals surface area contributed by atoms with E-state index in [2.05, 4.69) is 35.3 Å². The SMILES string of the molecule is O=C(NC[C@@H]1C[C@H]2CCN1C[C@@H]2CN1CCN(c2ncccn2)CC1)Nc1ccccc1. The summed E-state index contributed by atoms with van der Waals surface area (Å²) in [6.45, 7) is 8.35. The Balaban J connectivity index is 1.06. The van der Waals surface area contributed by atoms with Crippen molar-refractivity contribution in [3.05, 3.63) is 48.8 Å². The predicted octanol–water partition coefficient (Wildman–Crippen LogP) is 2.13. The maximum atomic E-state index is 12.3. The lowest BCUT2D eigenvalue weighted by molar-refractivity contribution is -0.0114. The first-order chi connectivity index (χ1) is 15.7. The van der Waals surface area contributed by atoms with Gasteiger partial charge in [0.2, 0.25) is 5.95 Å². The molecule has 0 saturated carbocycles. The fourth-order valence-corrected chi connectivity index (χ4v) is 5.49. The molecule has 4 saturated heterocycles. The highest BCUT2D eigenvalue weighted by Gasteiger charge is 2.40. The molecule has 4 aliphatic rings. The van der Waals surface area contributed by atoms with Gasteiger partial charge in [0.15, 0.2) is 0 Å². The lowest BCUT2D eigenvalue weighted by atomic mass is 9.75. The largest absolute Gasteiger partial charge is 0.338 e. The number of piperidine rings is 3. The highest BCUT2D eigenvalue weighted by Crippen LogP contribution is 2.36. The molecule has 5 heterocycles. The Morgan fingerprint density at radius 1 is 1.00 bits per heavy atom. The van der Waals surface area contributed by atoms with Crippen molar-refractivity contribution in [2.24, 2.45) is 11.8 Å².